The second-order valence-electron chi connectivity index (χ2n) is 5.83. The van der Waals surface area contributed by atoms with E-state index in [-0.39, 0.29) is 5.91 Å². The molecule has 112 valence electrons. The number of hydrogen-bond donors (Lipinski definition) is 1. The Morgan fingerprint density at radius 2 is 1.90 bits per heavy atom. The summed E-state index contributed by atoms with van der Waals surface area (Å²) in [5.74, 6) is 0.151. The summed E-state index contributed by atoms with van der Waals surface area (Å²) in [4.78, 5) is 17.8. The maximum atomic E-state index is 12.6. The zero-order valence-corrected chi connectivity index (χ0v) is 13.3. The van der Waals surface area contributed by atoms with Gasteiger partial charge in [-0.25, -0.2) is 0 Å². The molecule has 0 bridgehead atoms. The number of anilines is 1. The monoisotopic (exact) mass is 303 g/mol. The van der Waals surface area contributed by atoms with Crippen molar-refractivity contribution in [3.63, 3.8) is 0 Å². The van der Waals surface area contributed by atoms with Gasteiger partial charge in [-0.1, -0.05) is 0 Å². The van der Waals surface area contributed by atoms with Crippen LogP contribution in [0, 0.1) is 0 Å². The number of nitrogen functional groups attached to an aromatic ring is 1. The van der Waals surface area contributed by atoms with Crippen LogP contribution < -0.4 is 5.73 Å². The standard InChI is InChI=1S/C16H21N3OS/c1-11(2)18-5-7-19(8-6-18)16(20)15-10-12-9-13(17)3-4-14(12)21-15/h3-4,9-11H,5-8,17H2,1-2H3. The van der Waals surface area contributed by atoms with Gasteiger partial charge < -0.3 is 10.6 Å². The minimum Gasteiger partial charge on any atom is -0.399 e. The van der Waals surface area contributed by atoms with E-state index in [1.807, 2.05) is 29.2 Å². The molecule has 0 aliphatic carbocycles. The maximum absolute atomic E-state index is 12.6. The van der Waals surface area contributed by atoms with E-state index >= 15 is 0 Å². The Kier molecular flexibility index (Phi) is 3.87. The van der Waals surface area contributed by atoms with Gasteiger partial charge in [0.2, 0.25) is 0 Å². The third-order valence-corrected chi connectivity index (χ3v) is 5.19. The van der Waals surface area contributed by atoms with Crippen molar-refractivity contribution in [2.24, 2.45) is 0 Å². The van der Waals surface area contributed by atoms with E-state index in [9.17, 15) is 4.79 Å². The number of nitrogens with zero attached hydrogens (tertiary/aromatic N) is 2. The second-order valence-corrected chi connectivity index (χ2v) is 6.91. The van der Waals surface area contributed by atoms with Crippen molar-refractivity contribution in [2.45, 2.75) is 19.9 Å². The van der Waals surface area contributed by atoms with E-state index in [1.165, 1.54) is 0 Å². The van der Waals surface area contributed by atoms with E-state index in [0.717, 1.165) is 46.8 Å². The Morgan fingerprint density at radius 1 is 1.19 bits per heavy atom. The summed E-state index contributed by atoms with van der Waals surface area (Å²) in [7, 11) is 0. The normalized spacial score (nSPS) is 16.8. The molecule has 2 N–H and O–H groups in total. The van der Waals surface area contributed by atoms with E-state index in [2.05, 4.69) is 18.7 Å². The largest absolute Gasteiger partial charge is 0.399 e. The van der Waals surface area contributed by atoms with Gasteiger partial charge in [0.05, 0.1) is 4.88 Å². The topological polar surface area (TPSA) is 49.6 Å². The first kappa shape index (κ1) is 14.4. The van der Waals surface area contributed by atoms with Gasteiger partial charge in [0, 0.05) is 42.6 Å². The molecule has 0 radical (unpaired) electrons. The average molecular weight is 303 g/mol. The molecule has 1 aliphatic rings. The van der Waals surface area contributed by atoms with Gasteiger partial charge in [-0.2, -0.15) is 0 Å². The third-order valence-electron chi connectivity index (χ3n) is 4.08. The van der Waals surface area contributed by atoms with Crippen molar-refractivity contribution in [3.8, 4) is 0 Å². The lowest BCUT2D eigenvalue weighted by Gasteiger charge is -2.36. The van der Waals surface area contributed by atoms with Crippen LogP contribution in [0.25, 0.3) is 10.1 Å². The van der Waals surface area contributed by atoms with Crippen LogP contribution in [-0.4, -0.2) is 47.9 Å². The zero-order chi connectivity index (χ0) is 15.0. The van der Waals surface area contributed by atoms with Crippen molar-refractivity contribution in [2.75, 3.05) is 31.9 Å². The minimum absolute atomic E-state index is 0.151. The van der Waals surface area contributed by atoms with Crippen molar-refractivity contribution in [3.05, 3.63) is 29.1 Å². The molecule has 0 saturated carbocycles. The SMILES string of the molecule is CC(C)N1CCN(C(=O)c2cc3cc(N)ccc3s2)CC1. The Hall–Kier alpha value is -1.59. The molecule has 4 nitrogen and oxygen atoms in total. The molecular formula is C16H21N3OS. The number of piperazine rings is 1. The lowest BCUT2D eigenvalue weighted by Crippen LogP contribution is -2.50. The number of amides is 1. The Bertz CT molecular complexity index is 657. The highest BCUT2D eigenvalue weighted by Crippen LogP contribution is 2.28. The highest BCUT2D eigenvalue weighted by Gasteiger charge is 2.24. The fourth-order valence-electron chi connectivity index (χ4n) is 2.76. The highest BCUT2D eigenvalue weighted by atomic mass is 32.1. The first-order valence-corrected chi connectivity index (χ1v) is 8.18. The van der Waals surface area contributed by atoms with Crippen LogP contribution >= 0.6 is 11.3 Å². The number of benzene rings is 1. The predicted molar refractivity (Wildman–Crippen MR) is 88.8 cm³/mol. The molecule has 1 amide bonds. The van der Waals surface area contributed by atoms with Gasteiger partial charge in [-0.3, -0.25) is 9.69 Å². The molecule has 1 aliphatic heterocycles. The Labute approximate surface area is 129 Å². The number of fused-ring (bicyclic) bond motifs is 1. The molecule has 21 heavy (non-hydrogen) atoms. The van der Waals surface area contributed by atoms with Crippen LogP contribution in [0.5, 0.6) is 0 Å². The van der Waals surface area contributed by atoms with Crippen molar-refractivity contribution >= 4 is 33.0 Å². The summed E-state index contributed by atoms with van der Waals surface area (Å²) in [5, 5.41) is 1.06. The van der Waals surface area contributed by atoms with Crippen molar-refractivity contribution < 1.29 is 4.79 Å². The third kappa shape index (κ3) is 2.89. The molecule has 0 atom stereocenters. The molecule has 1 saturated heterocycles. The molecule has 2 aromatic rings. The highest BCUT2D eigenvalue weighted by molar-refractivity contribution is 7.20. The molecule has 1 fully saturated rings. The Morgan fingerprint density at radius 3 is 2.57 bits per heavy atom. The van der Waals surface area contributed by atoms with Gasteiger partial charge in [0.25, 0.3) is 5.91 Å². The number of carbonyl (C=O) groups excluding carboxylic acids is 1. The number of nitrogens with two attached hydrogens (primary N) is 1. The number of hydrogen-bond acceptors (Lipinski definition) is 4. The van der Waals surface area contributed by atoms with Gasteiger partial charge in [0.15, 0.2) is 0 Å². The molecule has 0 spiro atoms. The van der Waals surface area contributed by atoms with Crippen LogP contribution in [0.15, 0.2) is 24.3 Å². The van der Waals surface area contributed by atoms with Crippen LogP contribution in [0.3, 0.4) is 0 Å². The van der Waals surface area contributed by atoms with Crippen molar-refractivity contribution in [1.29, 1.82) is 0 Å². The first-order chi connectivity index (χ1) is 10.0. The van der Waals surface area contributed by atoms with Gasteiger partial charge in [0.1, 0.15) is 0 Å². The molecule has 0 unspecified atom stereocenters. The van der Waals surface area contributed by atoms with E-state index in [1.54, 1.807) is 11.3 Å². The van der Waals surface area contributed by atoms with Gasteiger partial charge >= 0.3 is 0 Å². The number of carbonyl (C=O) groups is 1. The molecular weight excluding hydrogens is 282 g/mol. The fourth-order valence-corrected chi connectivity index (χ4v) is 3.78. The van der Waals surface area contributed by atoms with Crippen LogP contribution in [0.2, 0.25) is 0 Å². The quantitative estimate of drug-likeness (QED) is 0.868. The first-order valence-electron chi connectivity index (χ1n) is 7.37. The average Bonchev–Trinajstić information content (AvgIpc) is 2.89. The summed E-state index contributed by atoms with van der Waals surface area (Å²) in [6, 6.07) is 8.32. The van der Waals surface area contributed by atoms with E-state index in [0.29, 0.717) is 6.04 Å². The van der Waals surface area contributed by atoms with Crippen LogP contribution in [-0.2, 0) is 0 Å². The maximum Gasteiger partial charge on any atom is 0.264 e. The van der Waals surface area contributed by atoms with Crippen LogP contribution in [0.1, 0.15) is 23.5 Å². The lowest BCUT2D eigenvalue weighted by atomic mass is 10.2. The van der Waals surface area contributed by atoms with Crippen molar-refractivity contribution in [1.82, 2.24) is 9.80 Å². The smallest absolute Gasteiger partial charge is 0.264 e. The molecule has 1 aromatic heterocycles. The molecule has 5 heteroatoms. The number of thiophene rings is 1. The summed E-state index contributed by atoms with van der Waals surface area (Å²) < 4.78 is 1.12. The zero-order valence-electron chi connectivity index (χ0n) is 12.5. The summed E-state index contributed by atoms with van der Waals surface area (Å²) in [5.41, 5.74) is 6.54. The summed E-state index contributed by atoms with van der Waals surface area (Å²) in [6.07, 6.45) is 0. The summed E-state index contributed by atoms with van der Waals surface area (Å²) in [6.45, 7) is 7.95. The Balaban J connectivity index is 1.75. The minimum atomic E-state index is 0.151. The second kappa shape index (κ2) is 5.66. The number of rotatable bonds is 2. The molecule has 3 rings (SSSR count). The summed E-state index contributed by atoms with van der Waals surface area (Å²) >= 11 is 1.55. The molecule has 2 heterocycles. The molecule has 1 aromatic carbocycles. The van der Waals surface area contributed by atoms with Gasteiger partial charge in [-0.05, 0) is 43.5 Å². The predicted octanol–water partition coefficient (Wildman–Crippen LogP) is 2.65. The van der Waals surface area contributed by atoms with Crippen LogP contribution in [0.4, 0.5) is 5.69 Å². The fraction of sp³-hybridized carbons (Fsp3) is 0.438. The van der Waals surface area contributed by atoms with E-state index < -0.39 is 0 Å². The van der Waals surface area contributed by atoms with E-state index in [4.69, 9.17) is 5.73 Å². The van der Waals surface area contributed by atoms with Gasteiger partial charge in [-0.15, -0.1) is 11.3 Å². The lowest BCUT2D eigenvalue weighted by molar-refractivity contribution is 0.0600.